The van der Waals surface area contributed by atoms with Gasteiger partial charge >= 0.3 is 0 Å². The second kappa shape index (κ2) is 7.92. The van der Waals surface area contributed by atoms with Crippen LogP contribution in [0.25, 0.3) is 5.57 Å². The molecular weight excluding hydrogens is 394 g/mol. The minimum Gasteiger partial charge on any atom is -0.326 e. The van der Waals surface area contributed by atoms with Crippen LogP contribution in [-0.4, -0.2) is 16.1 Å². The molecule has 0 bridgehead atoms. The van der Waals surface area contributed by atoms with Gasteiger partial charge in [-0.2, -0.15) is 0 Å². The number of rotatable bonds is 5. The lowest BCUT2D eigenvalue weighted by Crippen LogP contribution is -2.76. The average molecular weight is 438 g/mol. The van der Waals surface area contributed by atoms with E-state index in [0.717, 1.165) is 16.7 Å². The van der Waals surface area contributed by atoms with E-state index < -0.39 is 16.1 Å². The van der Waals surface area contributed by atoms with Gasteiger partial charge in [-0.25, -0.2) is 0 Å². The maximum absolute atomic E-state index is 7.69. The zero-order chi connectivity index (χ0) is 23.2. The molecule has 2 rings (SSSR count). The van der Waals surface area contributed by atoms with Crippen LogP contribution < -0.4 is 5.73 Å². The van der Waals surface area contributed by atoms with Crippen molar-refractivity contribution in [2.45, 2.75) is 82.6 Å². The minimum absolute atomic E-state index is 0.198. The van der Waals surface area contributed by atoms with E-state index in [1.807, 2.05) is 6.07 Å². The highest BCUT2D eigenvalue weighted by molar-refractivity contribution is 7.01. The molecule has 0 saturated carbocycles. The van der Waals surface area contributed by atoms with Gasteiger partial charge in [0.15, 0.2) is 0 Å². The molecule has 30 heavy (non-hydrogen) atoms. The van der Waals surface area contributed by atoms with Crippen molar-refractivity contribution in [3.8, 4) is 0 Å². The first-order chi connectivity index (χ1) is 13.5. The van der Waals surface area contributed by atoms with Gasteiger partial charge in [-0.15, -0.1) is 0 Å². The standard InChI is InChI=1S/C27H43NSi2/c1-21(22-15-13-12-14-16-22)23-17-19-24(20-18-23)27(28,29(8,9)25(2,3)4)30(10,11)26(5,6)7/h12-20H,1,28H2,2-11H3. The van der Waals surface area contributed by atoms with Gasteiger partial charge in [0.1, 0.15) is 0 Å². The van der Waals surface area contributed by atoms with Crippen molar-refractivity contribution in [1.82, 2.24) is 0 Å². The van der Waals surface area contributed by atoms with E-state index in [0.29, 0.717) is 0 Å². The molecule has 0 spiro atoms. The highest BCUT2D eigenvalue weighted by Gasteiger charge is 2.62. The number of nitrogens with two attached hydrogens (primary N) is 1. The van der Waals surface area contributed by atoms with E-state index in [1.165, 1.54) is 5.56 Å². The zero-order valence-electron chi connectivity index (χ0n) is 21.0. The Labute approximate surface area is 187 Å². The summed E-state index contributed by atoms with van der Waals surface area (Å²) in [4.78, 5) is -0.261. The molecule has 1 nitrogen and oxygen atoms in total. The summed E-state index contributed by atoms with van der Waals surface area (Å²) in [5.74, 6) is 0. The SMILES string of the molecule is C=C(c1ccccc1)c1ccc(C(N)([Si](C)(C)C(C)(C)C)[Si](C)(C)C(C)(C)C)cc1. The van der Waals surface area contributed by atoms with Crippen molar-refractivity contribution < 1.29 is 0 Å². The van der Waals surface area contributed by atoms with Crippen molar-refractivity contribution in [2.75, 3.05) is 0 Å². The minimum atomic E-state index is -1.94. The van der Waals surface area contributed by atoms with Crippen LogP contribution in [0.4, 0.5) is 0 Å². The van der Waals surface area contributed by atoms with E-state index in [4.69, 9.17) is 5.73 Å². The second-order valence-electron chi connectivity index (χ2n) is 12.0. The molecule has 0 heterocycles. The van der Waals surface area contributed by atoms with Gasteiger partial charge in [-0.3, -0.25) is 0 Å². The lowest BCUT2D eigenvalue weighted by atomic mass is 9.98. The monoisotopic (exact) mass is 437 g/mol. The number of hydrogen-bond donors (Lipinski definition) is 1. The fraction of sp³-hybridized carbons (Fsp3) is 0.481. The van der Waals surface area contributed by atoms with Gasteiger partial charge < -0.3 is 5.73 Å². The molecule has 2 aromatic rings. The van der Waals surface area contributed by atoms with Crippen LogP contribution in [0.5, 0.6) is 0 Å². The molecule has 2 N–H and O–H groups in total. The van der Waals surface area contributed by atoms with Gasteiger partial charge in [0.25, 0.3) is 0 Å². The lowest BCUT2D eigenvalue weighted by molar-refractivity contribution is 0.615. The van der Waals surface area contributed by atoms with Crippen molar-refractivity contribution in [2.24, 2.45) is 5.73 Å². The Hall–Kier alpha value is -1.43. The molecule has 0 atom stereocenters. The van der Waals surface area contributed by atoms with Crippen LogP contribution in [-0.2, 0) is 4.79 Å². The molecule has 0 aromatic heterocycles. The number of benzene rings is 2. The Morgan fingerprint density at radius 3 is 1.40 bits per heavy atom. The summed E-state index contributed by atoms with van der Waals surface area (Å²) in [5, 5.41) is 0.396. The Balaban J connectivity index is 2.65. The molecular formula is C27H43NSi2. The molecule has 3 heteroatoms. The maximum Gasteiger partial charge on any atom is 0.0773 e. The molecule has 0 saturated heterocycles. The van der Waals surface area contributed by atoms with E-state index in [-0.39, 0.29) is 14.9 Å². The average Bonchev–Trinajstić information content (AvgIpc) is 2.65. The van der Waals surface area contributed by atoms with Crippen LogP contribution in [0.15, 0.2) is 61.2 Å². The molecule has 0 radical (unpaired) electrons. The topological polar surface area (TPSA) is 26.0 Å². The largest absolute Gasteiger partial charge is 0.326 e. The molecule has 164 valence electrons. The second-order valence-corrected chi connectivity index (χ2v) is 23.6. The summed E-state index contributed by atoms with van der Waals surface area (Å²) in [5.41, 5.74) is 12.4. The Bertz CT molecular complexity index is 853. The summed E-state index contributed by atoms with van der Waals surface area (Å²) < 4.78 is 0. The summed E-state index contributed by atoms with van der Waals surface area (Å²) in [7, 11) is -3.87. The fourth-order valence-corrected chi connectivity index (χ4v) is 17.1. The predicted octanol–water partition coefficient (Wildman–Crippen LogP) is 8.00. The van der Waals surface area contributed by atoms with Gasteiger partial charge in [-0.1, -0.05) is 129 Å². The van der Waals surface area contributed by atoms with Crippen LogP contribution in [0, 0.1) is 0 Å². The van der Waals surface area contributed by atoms with E-state index >= 15 is 0 Å². The Kier molecular flexibility index (Phi) is 6.56. The zero-order valence-corrected chi connectivity index (χ0v) is 23.0. The Morgan fingerprint density at radius 2 is 1.03 bits per heavy atom. The molecule has 0 aliphatic rings. The summed E-state index contributed by atoms with van der Waals surface area (Å²) in [6.45, 7) is 28.7. The van der Waals surface area contributed by atoms with Crippen LogP contribution in [0.2, 0.25) is 36.3 Å². The summed E-state index contributed by atoms with van der Waals surface area (Å²) in [6, 6.07) is 19.5. The summed E-state index contributed by atoms with van der Waals surface area (Å²) >= 11 is 0. The third-order valence-electron chi connectivity index (χ3n) is 8.53. The van der Waals surface area contributed by atoms with Gasteiger partial charge in [0.05, 0.1) is 16.1 Å². The van der Waals surface area contributed by atoms with Crippen LogP contribution >= 0.6 is 0 Å². The first-order valence-corrected chi connectivity index (χ1v) is 17.1. The number of hydrogen-bond acceptors (Lipinski definition) is 1. The van der Waals surface area contributed by atoms with Crippen LogP contribution in [0.3, 0.4) is 0 Å². The molecule has 0 aliphatic heterocycles. The van der Waals surface area contributed by atoms with Crippen molar-refractivity contribution in [1.29, 1.82) is 0 Å². The van der Waals surface area contributed by atoms with E-state index in [1.54, 1.807) is 0 Å². The van der Waals surface area contributed by atoms with Crippen molar-refractivity contribution >= 4 is 21.7 Å². The predicted molar refractivity (Wildman–Crippen MR) is 141 cm³/mol. The maximum atomic E-state index is 7.69. The fourth-order valence-electron chi connectivity index (χ4n) is 4.43. The third kappa shape index (κ3) is 3.92. The van der Waals surface area contributed by atoms with Crippen molar-refractivity contribution in [3.63, 3.8) is 0 Å². The molecule has 0 unspecified atom stereocenters. The van der Waals surface area contributed by atoms with Gasteiger partial charge in [-0.05, 0) is 32.3 Å². The van der Waals surface area contributed by atoms with Gasteiger partial charge in [0, 0.05) is 4.79 Å². The normalized spacial score (nSPS) is 14.0. The van der Waals surface area contributed by atoms with E-state index in [9.17, 15) is 0 Å². The quantitative estimate of drug-likeness (QED) is 0.471. The highest BCUT2D eigenvalue weighted by atomic mass is 28.4. The smallest absolute Gasteiger partial charge is 0.0773 e. The van der Waals surface area contributed by atoms with Crippen LogP contribution in [0.1, 0.15) is 58.2 Å². The molecule has 0 fully saturated rings. The van der Waals surface area contributed by atoms with E-state index in [2.05, 4.69) is 123 Å². The summed E-state index contributed by atoms with van der Waals surface area (Å²) in [6.07, 6.45) is 0. The first kappa shape index (κ1) is 24.8. The molecule has 0 amide bonds. The highest BCUT2D eigenvalue weighted by Crippen LogP contribution is 2.55. The first-order valence-electron chi connectivity index (χ1n) is 11.1. The van der Waals surface area contributed by atoms with Crippen molar-refractivity contribution in [3.05, 3.63) is 77.9 Å². The molecule has 0 aliphatic carbocycles. The third-order valence-corrected chi connectivity index (χ3v) is 24.3. The van der Waals surface area contributed by atoms with Gasteiger partial charge in [0.2, 0.25) is 0 Å². The Morgan fingerprint density at radius 1 is 0.667 bits per heavy atom. The molecule has 2 aromatic carbocycles. The lowest BCUT2D eigenvalue weighted by Gasteiger charge is -2.61.